The summed E-state index contributed by atoms with van der Waals surface area (Å²) >= 11 is 0. The summed E-state index contributed by atoms with van der Waals surface area (Å²) in [5, 5.41) is 14.5. The first-order valence-electron chi connectivity index (χ1n) is 6.13. The van der Waals surface area contributed by atoms with Gasteiger partial charge in [-0.05, 0) is 31.5 Å². The van der Waals surface area contributed by atoms with Crippen molar-refractivity contribution in [3.63, 3.8) is 0 Å². The molecule has 0 saturated carbocycles. The van der Waals surface area contributed by atoms with E-state index in [1.165, 1.54) is 0 Å². The molecule has 3 rings (SSSR count). The van der Waals surface area contributed by atoms with Crippen molar-refractivity contribution in [2.45, 2.75) is 18.8 Å². The Morgan fingerprint density at radius 3 is 3.17 bits per heavy atom. The van der Waals surface area contributed by atoms with Crippen LogP contribution < -0.4 is 10.6 Å². The van der Waals surface area contributed by atoms with Gasteiger partial charge in [0.2, 0.25) is 5.89 Å². The van der Waals surface area contributed by atoms with Crippen LogP contribution in [0.4, 0.5) is 11.7 Å². The van der Waals surface area contributed by atoms with Crippen molar-refractivity contribution < 1.29 is 4.42 Å². The molecule has 94 valence electrons. The Bertz CT molecular complexity index is 492. The molecule has 1 aliphatic rings. The van der Waals surface area contributed by atoms with Crippen LogP contribution in [0.1, 0.15) is 24.7 Å². The summed E-state index contributed by atoms with van der Waals surface area (Å²) in [4.78, 5) is 4.02. The summed E-state index contributed by atoms with van der Waals surface area (Å²) in [7, 11) is 0. The van der Waals surface area contributed by atoms with Crippen molar-refractivity contribution in [2.24, 2.45) is 0 Å². The summed E-state index contributed by atoms with van der Waals surface area (Å²) in [5.74, 6) is 1.03. The Morgan fingerprint density at radius 1 is 1.39 bits per heavy atom. The number of nitrogens with zero attached hydrogens (tertiary/aromatic N) is 3. The van der Waals surface area contributed by atoms with Gasteiger partial charge in [-0.1, -0.05) is 5.10 Å². The van der Waals surface area contributed by atoms with E-state index in [9.17, 15) is 0 Å². The molecule has 6 nitrogen and oxygen atoms in total. The molecule has 1 fully saturated rings. The first-order valence-corrected chi connectivity index (χ1v) is 6.13. The van der Waals surface area contributed by atoms with E-state index < -0.39 is 0 Å². The quantitative estimate of drug-likeness (QED) is 0.856. The topological polar surface area (TPSA) is 75.9 Å². The predicted octanol–water partition coefficient (Wildman–Crippen LogP) is 1.68. The van der Waals surface area contributed by atoms with E-state index in [1.807, 2.05) is 12.1 Å². The first kappa shape index (κ1) is 11.2. The number of hydrogen-bond acceptors (Lipinski definition) is 6. The number of anilines is 2. The lowest BCUT2D eigenvalue weighted by atomic mass is 10.00. The lowest BCUT2D eigenvalue weighted by molar-refractivity contribution is 0.381. The standard InChI is InChI=1S/C12H15N5O/c1-3-9(7-13-5-1)11-16-17-12(18-11)15-10-4-2-6-14-8-10/h2,4,6,8-9,13H,1,3,5,7H2,(H,15,17). The van der Waals surface area contributed by atoms with Gasteiger partial charge in [0.25, 0.3) is 0 Å². The van der Waals surface area contributed by atoms with Crippen molar-refractivity contribution in [2.75, 3.05) is 18.4 Å². The van der Waals surface area contributed by atoms with Gasteiger partial charge in [-0.25, -0.2) is 0 Å². The monoisotopic (exact) mass is 245 g/mol. The second-order valence-corrected chi connectivity index (χ2v) is 4.36. The van der Waals surface area contributed by atoms with Crippen LogP contribution in [0, 0.1) is 0 Å². The fourth-order valence-corrected chi connectivity index (χ4v) is 2.07. The minimum absolute atomic E-state index is 0.329. The molecule has 0 aliphatic carbocycles. The third-order valence-electron chi connectivity index (χ3n) is 3.00. The smallest absolute Gasteiger partial charge is 0.320 e. The van der Waals surface area contributed by atoms with Crippen molar-refractivity contribution in [1.82, 2.24) is 20.5 Å². The number of nitrogens with one attached hydrogen (secondary N) is 2. The van der Waals surface area contributed by atoms with Crippen LogP contribution in [0.3, 0.4) is 0 Å². The van der Waals surface area contributed by atoms with Crippen molar-refractivity contribution in [3.05, 3.63) is 30.4 Å². The molecule has 1 aliphatic heterocycles. The number of hydrogen-bond donors (Lipinski definition) is 2. The predicted molar refractivity (Wildman–Crippen MR) is 66.7 cm³/mol. The van der Waals surface area contributed by atoms with Crippen LogP contribution in [0.2, 0.25) is 0 Å². The van der Waals surface area contributed by atoms with E-state index in [-0.39, 0.29) is 0 Å². The van der Waals surface area contributed by atoms with Crippen molar-refractivity contribution in [1.29, 1.82) is 0 Å². The highest BCUT2D eigenvalue weighted by Gasteiger charge is 2.21. The Hall–Kier alpha value is -1.95. The van der Waals surface area contributed by atoms with Crippen LogP contribution in [-0.4, -0.2) is 28.3 Å². The summed E-state index contributed by atoms with van der Waals surface area (Å²) in [6.45, 7) is 1.99. The highest BCUT2D eigenvalue weighted by Crippen LogP contribution is 2.24. The second-order valence-electron chi connectivity index (χ2n) is 4.36. The van der Waals surface area contributed by atoms with E-state index in [0.717, 1.165) is 31.6 Å². The lowest BCUT2D eigenvalue weighted by Crippen LogP contribution is -2.28. The zero-order valence-electron chi connectivity index (χ0n) is 9.97. The van der Waals surface area contributed by atoms with Gasteiger partial charge in [-0.15, -0.1) is 5.10 Å². The minimum Gasteiger partial charge on any atom is -0.408 e. The zero-order chi connectivity index (χ0) is 12.2. The molecule has 6 heteroatoms. The van der Waals surface area contributed by atoms with E-state index in [4.69, 9.17) is 4.42 Å². The van der Waals surface area contributed by atoms with Gasteiger partial charge in [0, 0.05) is 18.7 Å². The SMILES string of the molecule is c1cncc(Nc2nnc(C3CCCNC3)o2)c1. The molecule has 1 saturated heterocycles. The summed E-state index contributed by atoms with van der Waals surface area (Å²) in [6, 6.07) is 4.17. The van der Waals surface area contributed by atoms with E-state index in [1.54, 1.807) is 12.4 Å². The second kappa shape index (κ2) is 5.14. The largest absolute Gasteiger partial charge is 0.408 e. The molecular formula is C12H15N5O. The van der Waals surface area contributed by atoms with Gasteiger partial charge in [-0.2, -0.15) is 0 Å². The maximum absolute atomic E-state index is 5.63. The maximum atomic E-state index is 5.63. The average molecular weight is 245 g/mol. The van der Waals surface area contributed by atoms with Crippen molar-refractivity contribution in [3.8, 4) is 0 Å². The molecule has 0 bridgehead atoms. The molecule has 0 aromatic carbocycles. The molecule has 0 amide bonds. The van der Waals surface area contributed by atoms with Gasteiger partial charge < -0.3 is 15.1 Å². The molecule has 3 heterocycles. The summed E-state index contributed by atoms with van der Waals surface area (Å²) < 4.78 is 5.63. The van der Waals surface area contributed by atoms with Crippen molar-refractivity contribution >= 4 is 11.7 Å². The zero-order valence-corrected chi connectivity index (χ0v) is 9.97. The van der Waals surface area contributed by atoms with Crippen LogP contribution in [-0.2, 0) is 0 Å². The van der Waals surface area contributed by atoms with Crippen LogP contribution >= 0.6 is 0 Å². The fraction of sp³-hybridized carbons (Fsp3) is 0.417. The van der Waals surface area contributed by atoms with Crippen LogP contribution in [0.15, 0.2) is 28.9 Å². The number of pyridine rings is 1. The molecule has 0 radical (unpaired) electrons. The number of aromatic nitrogens is 3. The number of piperidine rings is 1. The van der Waals surface area contributed by atoms with E-state index >= 15 is 0 Å². The third kappa shape index (κ3) is 2.48. The van der Waals surface area contributed by atoms with Gasteiger partial charge in [0.05, 0.1) is 11.9 Å². The van der Waals surface area contributed by atoms with Gasteiger partial charge >= 0.3 is 6.01 Å². The summed E-state index contributed by atoms with van der Waals surface area (Å²) in [5.41, 5.74) is 0.842. The van der Waals surface area contributed by atoms with Gasteiger partial charge in [-0.3, -0.25) is 4.98 Å². The number of rotatable bonds is 3. The highest BCUT2D eigenvalue weighted by atomic mass is 16.4. The Kier molecular flexibility index (Phi) is 3.18. The molecule has 1 atom stereocenters. The molecule has 2 aromatic rings. The highest BCUT2D eigenvalue weighted by molar-refractivity contribution is 5.49. The molecule has 18 heavy (non-hydrogen) atoms. The van der Waals surface area contributed by atoms with E-state index in [0.29, 0.717) is 17.8 Å². The van der Waals surface area contributed by atoms with E-state index in [2.05, 4.69) is 25.8 Å². The molecule has 1 unspecified atom stereocenters. The Morgan fingerprint density at radius 2 is 2.39 bits per heavy atom. The summed E-state index contributed by atoms with van der Waals surface area (Å²) in [6.07, 6.45) is 5.68. The lowest BCUT2D eigenvalue weighted by Gasteiger charge is -2.18. The molecular weight excluding hydrogens is 230 g/mol. The fourth-order valence-electron chi connectivity index (χ4n) is 2.07. The average Bonchev–Trinajstić information content (AvgIpc) is 2.89. The third-order valence-corrected chi connectivity index (χ3v) is 3.00. The first-order chi connectivity index (χ1) is 8.92. The van der Waals surface area contributed by atoms with Gasteiger partial charge in [0.1, 0.15) is 0 Å². The molecule has 0 spiro atoms. The van der Waals surface area contributed by atoms with Crippen LogP contribution in [0.25, 0.3) is 0 Å². The maximum Gasteiger partial charge on any atom is 0.320 e. The van der Waals surface area contributed by atoms with Gasteiger partial charge in [0.15, 0.2) is 0 Å². The normalized spacial score (nSPS) is 19.7. The molecule has 2 N–H and O–H groups in total. The Balaban J connectivity index is 1.69. The van der Waals surface area contributed by atoms with Crippen LogP contribution in [0.5, 0.6) is 0 Å². The molecule has 2 aromatic heterocycles. The minimum atomic E-state index is 0.329. The Labute approximate surface area is 105 Å².